The first-order valence-electron chi connectivity index (χ1n) is 6.25. The molecule has 0 saturated heterocycles. The number of hydrogen-bond acceptors (Lipinski definition) is 3. The van der Waals surface area contributed by atoms with Crippen LogP contribution in [0.25, 0.3) is 0 Å². The summed E-state index contributed by atoms with van der Waals surface area (Å²) < 4.78 is 13.2. The van der Waals surface area contributed by atoms with Crippen LogP contribution in [0.1, 0.15) is 11.1 Å². The molecule has 0 radical (unpaired) electrons. The van der Waals surface area contributed by atoms with Gasteiger partial charge in [0.15, 0.2) is 0 Å². The molecule has 0 amide bonds. The maximum absolute atomic E-state index is 13.2. The Hall–Kier alpha value is -3.06. The lowest BCUT2D eigenvalue weighted by molar-refractivity contribution is 0.627. The van der Waals surface area contributed by atoms with Crippen molar-refractivity contribution in [2.75, 3.05) is 0 Å². The molecular weight excluding hydrogens is 265 g/mol. The average Bonchev–Trinajstić information content (AvgIpc) is 2.48. The van der Waals surface area contributed by atoms with E-state index in [-0.39, 0.29) is 17.1 Å². The summed E-state index contributed by atoms with van der Waals surface area (Å²) in [4.78, 5) is 0. The summed E-state index contributed by atoms with van der Waals surface area (Å²) in [5.41, 5.74) is 12.5. The Kier molecular flexibility index (Phi) is 4.37. The molecule has 3 nitrogen and oxygen atoms in total. The molecule has 0 fully saturated rings. The molecule has 0 aliphatic heterocycles. The fraction of sp³-hybridized carbons (Fsp3) is 0. The van der Waals surface area contributed by atoms with E-state index < -0.39 is 5.82 Å². The average molecular weight is 279 g/mol. The van der Waals surface area contributed by atoms with Crippen LogP contribution in [0.15, 0.2) is 66.0 Å². The topological polar surface area (TPSA) is 75.9 Å². The van der Waals surface area contributed by atoms with Gasteiger partial charge < -0.3 is 11.5 Å². The molecule has 0 aliphatic carbocycles. The molecule has 21 heavy (non-hydrogen) atoms. The molecule has 0 aromatic heterocycles. The van der Waals surface area contributed by atoms with Gasteiger partial charge in [0.25, 0.3) is 0 Å². The number of halogens is 1. The zero-order valence-corrected chi connectivity index (χ0v) is 11.2. The van der Waals surface area contributed by atoms with Crippen molar-refractivity contribution in [2.24, 2.45) is 11.5 Å². The van der Waals surface area contributed by atoms with Gasteiger partial charge in [-0.1, -0.05) is 42.2 Å². The zero-order valence-electron chi connectivity index (χ0n) is 11.2. The predicted octanol–water partition coefficient (Wildman–Crippen LogP) is 2.37. The molecule has 2 aromatic rings. The van der Waals surface area contributed by atoms with Crippen molar-refractivity contribution in [3.05, 3.63) is 82.9 Å². The third-order valence-electron chi connectivity index (χ3n) is 2.76. The molecule has 2 rings (SSSR count). The first-order valence-corrected chi connectivity index (χ1v) is 6.25. The summed E-state index contributed by atoms with van der Waals surface area (Å²) in [5.74, 6) is 5.18. The van der Waals surface area contributed by atoms with E-state index in [0.717, 1.165) is 5.56 Å². The number of allylic oxidation sites excluding steroid dienone is 1. The van der Waals surface area contributed by atoms with Crippen molar-refractivity contribution in [3.63, 3.8) is 0 Å². The van der Waals surface area contributed by atoms with Crippen LogP contribution in [0, 0.1) is 23.1 Å². The normalized spacial score (nSPS) is 9.38. The molecule has 4 heteroatoms. The van der Waals surface area contributed by atoms with Crippen LogP contribution in [0.3, 0.4) is 0 Å². The van der Waals surface area contributed by atoms with Crippen LogP contribution in [0.2, 0.25) is 0 Å². The summed E-state index contributed by atoms with van der Waals surface area (Å²) in [6, 6.07) is 15.0. The van der Waals surface area contributed by atoms with Gasteiger partial charge in [0.2, 0.25) is 0 Å². The minimum absolute atomic E-state index is 0.00192. The maximum Gasteiger partial charge on any atom is 0.123 e. The van der Waals surface area contributed by atoms with Crippen LogP contribution >= 0.6 is 0 Å². The third-order valence-corrected chi connectivity index (χ3v) is 2.76. The quantitative estimate of drug-likeness (QED) is 0.583. The molecule has 0 bridgehead atoms. The van der Waals surface area contributed by atoms with Crippen LogP contribution in [-0.2, 0) is 0 Å². The fourth-order valence-corrected chi connectivity index (χ4v) is 1.72. The number of nitrogens with two attached hydrogens (primary N) is 2. The standard InChI is InChI=1S/C17H14FN3/c18-14-8-4-7-13(11-14)16(19)15(17(20)21)10-9-12-5-2-1-3-6-12/h1-8,11,19H,20-21H2. The van der Waals surface area contributed by atoms with Gasteiger partial charge in [-0.15, -0.1) is 0 Å². The first kappa shape index (κ1) is 14.4. The van der Waals surface area contributed by atoms with E-state index in [4.69, 9.17) is 16.9 Å². The summed E-state index contributed by atoms with van der Waals surface area (Å²) in [6.45, 7) is 0. The van der Waals surface area contributed by atoms with E-state index in [0.29, 0.717) is 5.56 Å². The lowest BCUT2D eigenvalue weighted by Crippen LogP contribution is -2.17. The lowest BCUT2D eigenvalue weighted by atomic mass is 10.0. The molecule has 0 atom stereocenters. The smallest absolute Gasteiger partial charge is 0.123 e. The Labute approximate surface area is 122 Å². The second-order valence-electron chi connectivity index (χ2n) is 4.33. The van der Waals surface area contributed by atoms with Gasteiger partial charge in [-0.2, -0.15) is 0 Å². The SMILES string of the molecule is N=C(C(C#Cc1ccccc1)=C(N)N)c1cccc(F)c1. The minimum Gasteiger partial charge on any atom is -0.385 e. The molecule has 0 saturated carbocycles. The zero-order chi connectivity index (χ0) is 15.2. The molecule has 0 aliphatic rings. The number of rotatable bonds is 2. The Morgan fingerprint density at radius 2 is 1.71 bits per heavy atom. The van der Waals surface area contributed by atoms with Crippen LogP contribution in [-0.4, -0.2) is 5.71 Å². The number of benzene rings is 2. The highest BCUT2D eigenvalue weighted by molar-refractivity contribution is 6.13. The van der Waals surface area contributed by atoms with E-state index in [9.17, 15) is 4.39 Å². The lowest BCUT2D eigenvalue weighted by Gasteiger charge is -2.05. The summed E-state index contributed by atoms with van der Waals surface area (Å²) in [6.07, 6.45) is 0. The van der Waals surface area contributed by atoms with E-state index in [1.165, 1.54) is 18.2 Å². The second kappa shape index (κ2) is 6.40. The van der Waals surface area contributed by atoms with Gasteiger partial charge >= 0.3 is 0 Å². The van der Waals surface area contributed by atoms with Crippen molar-refractivity contribution in [1.82, 2.24) is 0 Å². The highest BCUT2D eigenvalue weighted by atomic mass is 19.1. The third kappa shape index (κ3) is 3.71. The van der Waals surface area contributed by atoms with Crippen molar-refractivity contribution in [1.29, 1.82) is 5.41 Å². The maximum atomic E-state index is 13.2. The van der Waals surface area contributed by atoms with Gasteiger partial charge in [-0.25, -0.2) is 4.39 Å². The van der Waals surface area contributed by atoms with Crippen LogP contribution < -0.4 is 11.5 Å². The Balaban J connectivity index is 2.36. The van der Waals surface area contributed by atoms with Crippen LogP contribution in [0.5, 0.6) is 0 Å². The molecular formula is C17H14FN3. The minimum atomic E-state index is -0.428. The summed E-state index contributed by atoms with van der Waals surface area (Å²) in [5, 5.41) is 8.09. The Morgan fingerprint density at radius 1 is 1.00 bits per heavy atom. The highest BCUT2D eigenvalue weighted by Crippen LogP contribution is 2.10. The summed E-state index contributed by atoms with van der Waals surface area (Å²) >= 11 is 0. The van der Waals surface area contributed by atoms with Crippen molar-refractivity contribution in [3.8, 4) is 11.8 Å². The van der Waals surface area contributed by atoms with Crippen molar-refractivity contribution >= 4 is 5.71 Å². The largest absolute Gasteiger partial charge is 0.385 e. The molecule has 0 heterocycles. The second-order valence-corrected chi connectivity index (χ2v) is 4.33. The molecule has 104 valence electrons. The molecule has 2 aromatic carbocycles. The number of nitrogens with one attached hydrogen (secondary N) is 1. The van der Waals surface area contributed by atoms with E-state index in [2.05, 4.69) is 11.8 Å². The highest BCUT2D eigenvalue weighted by Gasteiger charge is 2.09. The Bertz CT molecular complexity index is 748. The number of hydrogen-bond donors (Lipinski definition) is 3. The summed E-state index contributed by atoms with van der Waals surface area (Å²) in [7, 11) is 0. The monoisotopic (exact) mass is 279 g/mol. The first-order chi connectivity index (χ1) is 10.1. The predicted molar refractivity (Wildman–Crippen MR) is 81.9 cm³/mol. The molecule has 5 N–H and O–H groups in total. The fourth-order valence-electron chi connectivity index (χ4n) is 1.72. The van der Waals surface area contributed by atoms with E-state index >= 15 is 0 Å². The van der Waals surface area contributed by atoms with Gasteiger partial charge in [0, 0.05) is 11.1 Å². The van der Waals surface area contributed by atoms with Crippen LogP contribution in [0.4, 0.5) is 4.39 Å². The van der Waals surface area contributed by atoms with Gasteiger partial charge in [-0.3, -0.25) is 5.41 Å². The van der Waals surface area contributed by atoms with E-state index in [1.807, 2.05) is 30.3 Å². The molecule has 0 spiro atoms. The van der Waals surface area contributed by atoms with Gasteiger partial charge in [0.05, 0.1) is 11.3 Å². The van der Waals surface area contributed by atoms with Gasteiger partial charge in [-0.05, 0) is 24.3 Å². The molecule has 0 unspecified atom stereocenters. The van der Waals surface area contributed by atoms with Crippen molar-refractivity contribution < 1.29 is 4.39 Å². The van der Waals surface area contributed by atoms with E-state index in [1.54, 1.807) is 6.07 Å². The van der Waals surface area contributed by atoms with Gasteiger partial charge in [0.1, 0.15) is 11.6 Å². The van der Waals surface area contributed by atoms with Crippen molar-refractivity contribution in [2.45, 2.75) is 0 Å². The Morgan fingerprint density at radius 3 is 2.33 bits per heavy atom.